The minimum absolute atomic E-state index is 0.268. The van der Waals surface area contributed by atoms with Crippen LogP contribution in [0.25, 0.3) is 0 Å². The zero-order chi connectivity index (χ0) is 14.1. The molecule has 0 saturated heterocycles. The van der Waals surface area contributed by atoms with Crippen molar-refractivity contribution in [1.82, 2.24) is 5.32 Å². The molecule has 1 unspecified atom stereocenters. The first-order chi connectivity index (χ1) is 9.19. The number of hydrogen-bond acceptors (Lipinski definition) is 4. The molecule has 4 nitrogen and oxygen atoms in total. The van der Waals surface area contributed by atoms with Crippen molar-refractivity contribution < 1.29 is 14.3 Å². The molecule has 0 aromatic heterocycles. The summed E-state index contributed by atoms with van der Waals surface area (Å²) in [4.78, 5) is 10.9. The summed E-state index contributed by atoms with van der Waals surface area (Å²) in [5.41, 5.74) is 2.35. The van der Waals surface area contributed by atoms with E-state index in [4.69, 9.17) is 4.74 Å². The van der Waals surface area contributed by atoms with Gasteiger partial charge in [-0.3, -0.25) is 4.79 Å². The van der Waals surface area contributed by atoms with E-state index in [-0.39, 0.29) is 10.8 Å². The number of carbonyl (C=O) groups excluding carboxylic acids is 1. The molecular weight excluding hydrogens is 310 g/mol. The van der Waals surface area contributed by atoms with Crippen molar-refractivity contribution in [1.29, 1.82) is 0 Å². The van der Waals surface area contributed by atoms with Gasteiger partial charge in [0, 0.05) is 19.7 Å². The zero-order valence-electron chi connectivity index (χ0n) is 11.3. The molecule has 0 bridgehead atoms. The van der Waals surface area contributed by atoms with Crippen molar-refractivity contribution in [2.75, 3.05) is 20.3 Å². The number of nitrogens with one attached hydrogen (secondary N) is 1. The lowest BCUT2D eigenvalue weighted by Crippen LogP contribution is -2.29. The molecule has 1 N–H and O–H groups in total. The van der Waals surface area contributed by atoms with Gasteiger partial charge in [0.1, 0.15) is 4.83 Å². The summed E-state index contributed by atoms with van der Waals surface area (Å²) in [6.45, 7) is 4.52. The standard InChI is InChI=1S/C14H20BrNO3/c1-3-19-10-12-7-5-4-6-11(12)8-16-9-13(15)14(17)18-2/h4-7,13,16H,3,8-10H2,1-2H3. The van der Waals surface area contributed by atoms with Crippen LogP contribution in [0.1, 0.15) is 18.1 Å². The predicted octanol–water partition coefficient (Wildman–Crippen LogP) is 2.25. The average molecular weight is 330 g/mol. The molecule has 0 heterocycles. The van der Waals surface area contributed by atoms with E-state index in [1.165, 1.54) is 18.2 Å². The summed E-state index contributed by atoms with van der Waals surface area (Å²) in [6, 6.07) is 8.11. The van der Waals surface area contributed by atoms with E-state index in [1.807, 2.05) is 19.1 Å². The normalized spacial score (nSPS) is 12.2. The summed E-state index contributed by atoms with van der Waals surface area (Å²) < 4.78 is 10.1. The smallest absolute Gasteiger partial charge is 0.320 e. The number of hydrogen-bond donors (Lipinski definition) is 1. The van der Waals surface area contributed by atoms with Gasteiger partial charge in [0.25, 0.3) is 0 Å². The largest absolute Gasteiger partial charge is 0.468 e. The molecule has 0 aliphatic rings. The lowest BCUT2D eigenvalue weighted by atomic mass is 10.1. The van der Waals surface area contributed by atoms with Gasteiger partial charge < -0.3 is 14.8 Å². The third-order valence-electron chi connectivity index (χ3n) is 2.68. The second-order valence-corrected chi connectivity index (χ2v) is 5.13. The number of halogens is 1. The quantitative estimate of drug-likeness (QED) is 0.587. The molecule has 0 aliphatic heterocycles. The Morgan fingerprint density at radius 1 is 1.37 bits per heavy atom. The van der Waals surface area contributed by atoms with Crippen molar-refractivity contribution in [2.24, 2.45) is 0 Å². The van der Waals surface area contributed by atoms with Crippen molar-refractivity contribution in [2.45, 2.75) is 24.9 Å². The first kappa shape index (κ1) is 16.1. The molecule has 1 aromatic rings. The molecule has 0 saturated carbocycles. The van der Waals surface area contributed by atoms with Crippen LogP contribution in [0.15, 0.2) is 24.3 Å². The van der Waals surface area contributed by atoms with Crippen LogP contribution in [0.2, 0.25) is 0 Å². The Morgan fingerprint density at radius 2 is 2.05 bits per heavy atom. The van der Waals surface area contributed by atoms with Crippen LogP contribution in [0.3, 0.4) is 0 Å². The van der Waals surface area contributed by atoms with Crippen LogP contribution < -0.4 is 5.32 Å². The van der Waals surface area contributed by atoms with Crippen LogP contribution in [-0.4, -0.2) is 31.1 Å². The molecular formula is C14H20BrNO3. The Balaban J connectivity index is 2.46. The Labute approximate surface area is 122 Å². The lowest BCUT2D eigenvalue weighted by molar-refractivity contribution is -0.139. The van der Waals surface area contributed by atoms with Crippen LogP contribution in [0.5, 0.6) is 0 Å². The minimum atomic E-state index is -0.323. The first-order valence-electron chi connectivity index (χ1n) is 6.26. The molecule has 1 rings (SSSR count). The van der Waals surface area contributed by atoms with Crippen molar-refractivity contribution in [3.63, 3.8) is 0 Å². The fourth-order valence-electron chi connectivity index (χ4n) is 1.63. The van der Waals surface area contributed by atoms with E-state index in [9.17, 15) is 4.79 Å². The number of ether oxygens (including phenoxy) is 2. The van der Waals surface area contributed by atoms with Gasteiger partial charge >= 0.3 is 5.97 Å². The molecule has 19 heavy (non-hydrogen) atoms. The van der Waals surface area contributed by atoms with Gasteiger partial charge in [-0.25, -0.2) is 0 Å². The van der Waals surface area contributed by atoms with Gasteiger partial charge in [-0.1, -0.05) is 40.2 Å². The number of benzene rings is 1. The molecule has 106 valence electrons. The molecule has 0 fully saturated rings. The number of rotatable bonds is 8. The topological polar surface area (TPSA) is 47.6 Å². The third kappa shape index (κ3) is 5.72. The summed E-state index contributed by atoms with van der Waals surface area (Å²) in [7, 11) is 1.38. The van der Waals surface area contributed by atoms with E-state index in [0.717, 1.165) is 0 Å². The molecule has 0 amide bonds. The van der Waals surface area contributed by atoms with Gasteiger partial charge in [-0.05, 0) is 18.1 Å². The Bertz CT molecular complexity index is 398. The van der Waals surface area contributed by atoms with Crippen LogP contribution in [0, 0.1) is 0 Å². The van der Waals surface area contributed by atoms with Gasteiger partial charge in [-0.2, -0.15) is 0 Å². The highest BCUT2D eigenvalue weighted by molar-refractivity contribution is 9.10. The van der Waals surface area contributed by atoms with E-state index < -0.39 is 0 Å². The Morgan fingerprint density at radius 3 is 2.68 bits per heavy atom. The highest BCUT2D eigenvalue weighted by atomic mass is 79.9. The second kappa shape index (κ2) is 9.07. The third-order valence-corrected chi connectivity index (χ3v) is 3.37. The summed E-state index contributed by atoms with van der Waals surface area (Å²) in [5.74, 6) is -0.268. The van der Waals surface area contributed by atoms with Gasteiger partial charge in [0.15, 0.2) is 0 Å². The summed E-state index contributed by atoms with van der Waals surface area (Å²) in [6.07, 6.45) is 0. The molecule has 1 aromatic carbocycles. The maximum absolute atomic E-state index is 11.2. The van der Waals surface area contributed by atoms with Crippen molar-refractivity contribution in [3.8, 4) is 0 Å². The van der Waals surface area contributed by atoms with E-state index >= 15 is 0 Å². The SMILES string of the molecule is CCOCc1ccccc1CNCC(Br)C(=O)OC. The highest BCUT2D eigenvalue weighted by Crippen LogP contribution is 2.10. The van der Waals surface area contributed by atoms with Gasteiger partial charge in [0.05, 0.1) is 13.7 Å². The molecule has 0 spiro atoms. The van der Waals surface area contributed by atoms with Crippen LogP contribution in [-0.2, 0) is 27.4 Å². The fraction of sp³-hybridized carbons (Fsp3) is 0.500. The maximum Gasteiger partial charge on any atom is 0.320 e. The number of alkyl halides is 1. The van der Waals surface area contributed by atoms with E-state index in [0.29, 0.717) is 26.3 Å². The van der Waals surface area contributed by atoms with Crippen molar-refractivity contribution in [3.05, 3.63) is 35.4 Å². The molecule has 5 heteroatoms. The zero-order valence-corrected chi connectivity index (χ0v) is 12.9. The highest BCUT2D eigenvalue weighted by Gasteiger charge is 2.14. The monoisotopic (exact) mass is 329 g/mol. The second-order valence-electron chi connectivity index (χ2n) is 4.03. The van der Waals surface area contributed by atoms with Gasteiger partial charge in [0.2, 0.25) is 0 Å². The average Bonchev–Trinajstić information content (AvgIpc) is 2.45. The number of esters is 1. The van der Waals surface area contributed by atoms with E-state index in [1.54, 1.807) is 0 Å². The molecule has 0 aliphatic carbocycles. The predicted molar refractivity (Wildman–Crippen MR) is 78.2 cm³/mol. The Kier molecular flexibility index (Phi) is 7.70. The summed E-state index contributed by atoms with van der Waals surface area (Å²) >= 11 is 3.28. The maximum atomic E-state index is 11.2. The minimum Gasteiger partial charge on any atom is -0.468 e. The Hall–Kier alpha value is -0.910. The van der Waals surface area contributed by atoms with Crippen LogP contribution >= 0.6 is 15.9 Å². The fourth-order valence-corrected chi connectivity index (χ4v) is 2.04. The summed E-state index contributed by atoms with van der Waals surface area (Å²) in [5, 5.41) is 3.23. The van der Waals surface area contributed by atoms with Crippen LogP contribution in [0.4, 0.5) is 0 Å². The first-order valence-corrected chi connectivity index (χ1v) is 7.17. The lowest BCUT2D eigenvalue weighted by Gasteiger charge is -2.12. The molecule has 0 radical (unpaired) electrons. The van der Waals surface area contributed by atoms with E-state index in [2.05, 4.69) is 38.1 Å². The number of carbonyl (C=O) groups is 1. The van der Waals surface area contributed by atoms with Gasteiger partial charge in [-0.15, -0.1) is 0 Å². The number of methoxy groups -OCH3 is 1. The molecule has 1 atom stereocenters. The van der Waals surface area contributed by atoms with Crippen molar-refractivity contribution >= 4 is 21.9 Å².